The summed E-state index contributed by atoms with van der Waals surface area (Å²) in [4.78, 5) is 23.2. The molecule has 4 aromatic rings. The second-order valence-corrected chi connectivity index (χ2v) is 7.56. The number of fused-ring (bicyclic) bond motifs is 1. The molecule has 0 unspecified atom stereocenters. The van der Waals surface area contributed by atoms with Gasteiger partial charge in [-0.05, 0) is 53.6 Å². The predicted molar refractivity (Wildman–Crippen MR) is 108 cm³/mol. The third-order valence-electron chi connectivity index (χ3n) is 5.36. The number of hydrogen-bond acceptors (Lipinski definition) is 5. The second kappa shape index (κ2) is 7.29. The van der Waals surface area contributed by atoms with E-state index in [0.717, 1.165) is 29.7 Å². The third kappa shape index (κ3) is 3.36. The van der Waals surface area contributed by atoms with E-state index in [9.17, 15) is 4.79 Å². The molecule has 1 aliphatic heterocycles. The van der Waals surface area contributed by atoms with Crippen molar-refractivity contribution < 1.29 is 4.79 Å². The van der Waals surface area contributed by atoms with Gasteiger partial charge in [-0.2, -0.15) is 4.68 Å². The summed E-state index contributed by atoms with van der Waals surface area (Å²) in [7, 11) is 0. The van der Waals surface area contributed by atoms with Crippen LogP contribution >= 0.6 is 11.6 Å². The fourth-order valence-electron chi connectivity index (χ4n) is 3.84. The van der Waals surface area contributed by atoms with Gasteiger partial charge >= 0.3 is 0 Å². The van der Waals surface area contributed by atoms with E-state index in [4.69, 9.17) is 16.6 Å². The molecule has 9 heteroatoms. The lowest BCUT2D eigenvalue weighted by molar-refractivity contribution is 0.0711. The summed E-state index contributed by atoms with van der Waals surface area (Å²) in [6.45, 7) is 1.33. The monoisotopic (exact) mass is 407 g/mol. The quantitative estimate of drug-likeness (QED) is 0.563. The van der Waals surface area contributed by atoms with Gasteiger partial charge in [0.2, 0.25) is 0 Å². The van der Waals surface area contributed by atoms with Crippen molar-refractivity contribution >= 4 is 28.5 Å². The number of aromatic amines is 1. The minimum absolute atomic E-state index is 0.0461. The average molecular weight is 408 g/mol. The molecule has 0 atom stereocenters. The Bertz CT molecular complexity index is 1130. The van der Waals surface area contributed by atoms with Crippen molar-refractivity contribution in [1.82, 2.24) is 35.1 Å². The lowest BCUT2D eigenvalue weighted by Crippen LogP contribution is -2.38. The van der Waals surface area contributed by atoms with Crippen molar-refractivity contribution in [2.75, 3.05) is 13.1 Å². The molecule has 146 valence electrons. The number of amides is 1. The molecule has 2 aromatic carbocycles. The van der Waals surface area contributed by atoms with Gasteiger partial charge in [-0.3, -0.25) is 4.79 Å². The molecule has 0 spiro atoms. The highest BCUT2D eigenvalue weighted by atomic mass is 35.5. The van der Waals surface area contributed by atoms with E-state index in [1.54, 1.807) is 18.2 Å². The molecule has 0 bridgehead atoms. The predicted octanol–water partition coefficient (Wildman–Crippen LogP) is 3.21. The molecule has 5 rings (SSSR count). The summed E-state index contributed by atoms with van der Waals surface area (Å²) in [5.74, 6) is 1.27. The first kappa shape index (κ1) is 17.8. The number of rotatable bonds is 3. The highest BCUT2D eigenvalue weighted by molar-refractivity contribution is 6.31. The van der Waals surface area contributed by atoms with Gasteiger partial charge in [-0.15, -0.1) is 5.10 Å². The van der Waals surface area contributed by atoms with E-state index in [-0.39, 0.29) is 5.91 Å². The SMILES string of the molecule is O=C(c1ccc(Cl)cc1-n1cnnn1)N1CCC(c2nc3ccccc3[nH]2)CC1. The van der Waals surface area contributed by atoms with Gasteiger partial charge < -0.3 is 9.88 Å². The van der Waals surface area contributed by atoms with Crippen LogP contribution in [0.4, 0.5) is 0 Å². The van der Waals surface area contributed by atoms with Gasteiger partial charge in [0.15, 0.2) is 0 Å². The van der Waals surface area contributed by atoms with E-state index >= 15 is 0 Å². The number of hydrogen-bond donors (Lipinski definition) is 1. The lowest BCUT2D eigenvalue weighted by atomic mass is 9.95. The Morgan fingerprint density at radius 1 is 1.14 bits per heavy atom. The minimum Gasteiger partial charge on any atom is -0.342 e. The van der Waals surface area contributed by atoms with E-state index in [2.05, 4.69) is 20.5 Å². The Morgan fingerprint density at radius 3 is 2.72 bits per heavy atom. The van der Waals surface area contributed by atoms with Gasteiger partial charge in [0.25, 0.3) is 5.91 Å². The number of halogens is 1. The van der Waals surface area contributed by atoms with E-state index in [1.807, 2.05) is 29.2 Å². The zero-order chi connectivity index (χ0) is 19.8. The van der Waals surface area contributed by atoms with E-state index in [0.29, 0.717) is 35.3 Å². The molecule has 0 radical (unpaired) electrons. The number of nitrogens with zero attached hydrogens (tertiary/aromatic N) is 6. The third-order valence-corrected chi connectivity index (χ3v) is 5.60. The summed E-state index contributed by atoms with van der Waals surface area (Å²) in [6, 6.07) is 13.2. The van der Waals surface area contributed by atoms with Crippen LogP contribution in [0.3, 0.4) is 0 Å². The molecule has 1 fully saturated rings. The molecule has 29 heavy (non-hydrogen) atoms. The first-order valence-corrected chi connectivity index (χ1v) is 9.83. The van der Waals surface area contributed by atoms with Gasteiger partial charge in [-0.25, -0.2) is 4.98 Å². The van der Waals surface area contributed by atoms with E-state index in [1.165, 1.54) is 11.0 Å². The number of H-pyrrole nitrogens is 1. The number of nitrogens with one attached hydrogen (secondary N) is 1. The van der Waals surface area contributed by atoms with Crippen LogP contribution in [0, 0.1) is 0 Å². The number of benzene rings is 2. The molecule has 8 nitrogen and oxygen atoms in total. The summed E-state index contributed by atoms with van der Waals surface area (Å²) in [5.41, 5.74) is 3.14. The minimum atomic E-state index is -0.0461. The van der Waals surface area contributed by atoms with Crippen LogP contribution in [0.5, 0.6) is 0 Å². The van der Waals surface area contributed by atoms with Crippen LogP contribution in [0.15, 0.2) is 48.8 Å². The maximum absolute atomic E-state index is 13.2. The van der Waals surface area contributed by atoms with Gasteiger partial charge in [0, 0.05) is 24.0 Å². The fourth-order valence-corrected chi connectivity index (χ4v) is 4.01. The standard InChI is InChI=1S/C20H18ClN7O/c21-14-5-6-15(18(11-14)28-12-22-25-26-28)20(29)27-9-7-13(8-10-27)19-23-16-3-1-2-4-17(16)24-19/h1-6,11-13H,7-10H2,(H,23,24). The Morgan fingerprint density at radius 2 is 1.97 bits per heavy atom. The maximum Gasteiger partial charge on any atom is 0.256 e. The molecular formula is C20H18ClN7O. The van der Waals surface area contributed by atoms with Gasteiger partial charge in [0.05, 0.1) is 22.3 Å². The second-order valence-electron chi connectivity index (χ2n) is 7.12. The zero-order valence-corrected chi connectivity index (χ0v) is 16.3. The lowest BCUT2D eigenvalue weighted by Gasteiger charge is -2.31. The number of tetrazole rings is 1. The van der Waals surface area contributed by atoms with Crippen LogP contribution in [0.25, 0.3) is 16.7 Å². The number of para-hydroxylation sites is 2. The van der Waals surface area contributed by atoms with Crippen LogP contribution in [0.1, 0.15) is 34.9 Å². The first-order valence-electron chi connectivity index (χ1n) is 9.46. The normalized spacial score (nSPS) is 15.1. The van der Waals surface area contributed by atoms with Gasteiger partial charge in [-0.1, -0.05) is 23.7 Å². The number of imidazole rings is 1. The molecule has 2 aromatic heterocycles. The molecule has 3 heterocycles. The highest BCUT2D eigenvalue weighted by Crippen LogP contribution is 2.29. The van der Waals surface area contributed by atoms with Crippen LogP contribution in [-0.4, -0.2) is 54.1 Å². The smallest absolute Gasteiger partial charge is 0.256 e. The average Bonchev–Trinajstić information content (AvgIpc) is 3.43. The number of aromatic nitrogens is 6. The maximum atomic E-state index is 13.2. The summed E-state index contributed by atoms with van der Waals surface area (Å²) in [5, 5.41) is 11.7. The van der Waals surface area contributed by atoms with Crippen molar-refractivity contribution in [3.63, 3.8) is 0 Å². The summed E-state index contributed by atoms with van der Waals surface area (Å²) < 4.78 is 1.46. The van der Waals surface area contributed by atoms with Crippen molar-refractivity contribution in [2.24, 2.45) is 0 Å². The topological polar surface area (TPSA) is 92.6 Å². The van der Waals surface area contributed by atoms with Crippen LogP contribution in [-0.2, 0) is 0 Å². The Balaban J connectivity index is 1.34. The van der Waals surface area contributed by atoms with Crippen molar-refractivity contribution in [1.29, 1.82) is 0 Å². The number of likely N-dealkylation sites (tertiary alicyclic amines) is 1. The highest BCUT2D eigenvalue weighted by Gasteiger charge is 2.28. The molecule has 1 saturated heterocycles. The van der Waals surface area contributed by atoms with E-state index < -0.39 is 0 Å². The van der Waals surface area contributed by atoms with Gasteiger partial charge in [0.1, 0.15) is 12.2 Å². The van der Waals surface area contributed by atoms with Crippen LogP contribution in [0.2, 0.25) is 5.02 Å². The molecule has 0 saturated carbocycles. The molecular weight excluding hydrogens is 390 g/mol. The van der Waals surface area contributed by atoms with Crippen LogP contribution < -0.4 is 0 Å². The first-order chi connectivity index (χ1) is 14.2. The summed E-state index contributed by atoms with van der Waals surface area (Å²) >= 11 is 6.13. The Labute approximate surface area is 171 Å². The molecule has 1 amide bonds. The largest absolute Gasteiger partial charge is 0.342 e. The fraction of sp³-hybridized carbons (Fsp3) is 0.250. The summed E-state index contributed by atoms with van der Waals surface area (Å²) in [6.07, 6.45) is 3.18. The van der Waals surface area contributed by atoms with Crippen molar-refractivity contribution in [2.45, 2.75) is 18.8 Å². The number of piperidine rings is 1. The number of carbonyl (C=O) groups excluding carboxylic acids is 1. The Hall–Kier alpha value is -3.26. The molecule has 0 aliphatic carbocycles. The Kier molecular flexibility index (Phi) is 4.48. The molecule has 1 N–H and O–H groups in total. The number of carbonyl (C=O) groups is 1. The van der Waals surface area contributed by atoms with Crippen molar-refractivity contribution in [3.8, 4) is 5.69 Å². The van der Waals surface area contributed by atoms with Crippen molar-refractivity contribution in [3.05, 3.63) is 65.2 Å². The molecule has 1 aliphatic rings. The zero-order valence-electron chi connectivity index (χ0n) is 15.5.